The molecule has 0 saturated heterocycles. The predicted octanol–water partition coefficient (Wildman–Crippen LogP) is 4.82. The molecule has 0 aliphatic heterocycles. The van der Waals surface area contributed by atoms with Crippen LogP contribution in [-0.4, -0.2) is 0 Å². The molecular weight excluding hydrogens is 293 g/mol. The van der Waals surface area contributed by atoms with Gasteiger partial charge in [-0.05, 0) is 58.6 Å². The lowest BCUT2D eigenvalue weighted by molar-refractivity contribution is 0.629. The van der Waals surface area contributed by atoms with Gasteiger partial charge >= 0.3 is 0 Å². The minimum atomic E-state index is -0.242. The van der Waals surface area contributed by atoms with Gasteiger partial charge in [-0.1, -0.05) is 24.3 Å². The molecule has 18 heavy (non-hydrogen) atoms. The van der Waals surface area contributed by atoms with Crippen LogP contribution in [0.3, 0.4) is 0 Å². The van der Waals surface area contributed by atoms with E-state index >= 15 is 0 Å². The van der Waals surface area contributed by atoms with Crippen LogP contribution in [0, 0.1) is 19.7 Å². The van der Waals surface area contributed by atoms with Crippen molar-refractivity contribution in [1.82, 2.24) is 0 Å². The summed E-state index contributed by atoms with van der Waals surface area (Å²) in [6.45, 7) is 4.78. The van der Waals surface area contributed by atoms with Crippen molar-refractivity contribution in [2.45, 2.75) is 20.4 Å². The van der Waals surface area contributed by atoms with E-state index in [1.807, 2.05) is 6.07 Å². The summed E-state index contributed by atoms with van der Waals surface area (Å²) < 4.78 is 14.3. The van der Waals surface area contributed by atoms with E-state index in [0.717, 1.165) is 10.0 Å². The number of anilines is 1. The van der Waals surface area contributed by atoms with Gasteiger partial charge in [-0.15, -0.1) is 0 Å². The molecule has 0 saturated carbocycles. The van der Waals surface area contributed by atoms with Crippen LogP contribution >= 0.6 is 15.9 Å². The molecule has 0 radical (unpaired) electrons. The second-order valence-electron chi connectivity index (χ2n) is 4.37. The molecule has 0 atom stereocenters. The average molecular weight is 308 g/mol. The second kappa shape index (κ2) is 5.53. The summed E-state index contributed by atoms with van der Waals surface area (Å²) in [7, 11) is 0. The molecule has 94 valence electrons. The minimum absolute atomic E-state index is 0.242. The zero-order valence-electron chi connectivity index (χ0n) is 10.4. The van der Waals surface area contributed by atoms with E-state index in [1.54, 1.807) is 6.07 Å². The first-order valence-corrected chi connectivity index (χ1v) is 6.61. The maximum Gasteiger partial charge on any atom is 0.147 e. The molecule has 0 amide bonds. The zero-order chi connectivity index (χ0) is 13.1. The number of nitrogens with one attached hydrogen (secondary N) is 1. The highest BCUT2D eigenvalue weighted by Crippen LogP contribution is 2.25. The highest BCUT2D eigenvalue weighted by molar-refractivity contribution is 9.10. The zero-order valence-corrected chi connectivity index (χ0v) is 12.0. The third-order valence-electron chi connectivity index (χ3n) is 3.00. The van der Waals surface area contributed by atoms with Crippen LogP contribution < -0.4 is 5.32 Å². The van der Waals surface area contributed by atoms with Crippen molar-refractivity contribution in [2.24, 2.45) is 0 Å². The highest BCUT2D eigenvalue weighted by Gasteiger charge is 2.05. The molecule has 2 aromatic rings. The fourth-order valence-corrected chi connectivity index (χ4v) is 2.25. The van der Waals surface area contributed by atoms with Crippen LogP contribution in [0.25, 0.3) is 0 Å². The lowest BCUT2D eigenvalue weighted by atomic mass is 10.1. The Labute approximate surface area is 115 Å². The van der Waals surface area contributed by atoms with Crippen LogP contribution in [0.4, 0.5) is 10.1 Å². The predicted molar refractivity (Wildman–Crippen MR) is 77.3 cm³/mol. The van der Waals surface area contributed by atoms with Gasteiger partial charge in [0.1, 0.15) is 5.82 Å². The standard InChI is InChI=1S/C15H15BrFN/c1-10-6-7-12(8-11(10)2)9-18-15-13(16)4-3-5-14(15)17/h3-8,18H,9H2,1-2H3. The third kappa shape index (κ3) is 2.91. The van der Waals surface area contributed by atoms with Crippen molar-refractivity contribution in [2.75, 3.05) is 5.32 Å². The van der Waals surface area contributed by atoms with Crippen molar-refractivity contribution in [3.8, 4) is 0 Å². The van der Waals surface area contributed by atoms with Gasteiger partial charge in [-0.2, -0.15) is 0 Å². The Morgan fingerprint density at radius 3 is 2.56 bits per heavy atom. The normalized spacial score (nSPS) is 10.4. The second-order valence-corrected chi connectivity index (χ2v) is 5.22. The van der Waals surface area contributed by atoms with Crippen molar-refractivity contribution in [3.63, 3.8) is 0 Å². The largest absolute Gasteiger partial charge is 0.378 e. The van der Waals surface area contributed by atoms with Crippen molar-refractivity contribution in [3.05, 3.63) is 63.4 Å². The Balaban J connectivity index is 2.14. The fraction of sp³-hybridized carbons (Fsp3) is 0.200. The molecular formula is C15H15BrFN. The Bertz CT molecular complexity index is 546. The first-order chi connectivity index (χ1) is 8.58. The van der Waals surface area contributed by atoms with Crippen LogP contribution in [0.15, 0.2) is 40.9 Å². The molecule has 3 heteroatoms. The van der Waals surface area contributed by atoms with Crippen LogP contribution in [0.5, 0.6) is 0 Å². The monoisotopic (exact) mass is 307 g/mol. The molecule has 0 aliphatic rings. The molecule has 0 heterocycles. The number of rotatable bonds is 3. The smallest absolute Gasteiger partial charge is 0.147 e. The van der Waals surface area contributed by atoms with Gasteiger partial charge in [-0.3, -0.25) is 0 Å². The van der Waals surface area contributed by atoms with Gasteiger partial charge in [0.2, 0.25) is 0 Å². The summed E-state index contributed by atoms with van der Waals surface area (Å²) >= 11 is 3.34. The third-order valence-corrected chi connectivity index (χ3v) is 3.66. The van der Waals surface area contributed by atoms with E-state index in [-0.39, 0.29) is 5.82 Å². The van der Waals surface area contributed by atoms with Crippen molar-refractivity contribution in [1.29, 1.82) is 0 Å². The average Bonchev–Trinajstić information content (AvgIpc) is 2.33. The topological polar surface area (TPSA) is 12.0 Å². The van der Waals surface area contributed by atoms with Crippen LogP contribution in [-0.2, 0) is 6.54 Å². The van der Waals surface area contributed by atoms with Gasteiger partial charge in [0.25, 0.3) is 0 Å². The van der Waals surface area contributed by atoms with E-state index < -0.39 is 0 Å². The van der Waals surface area contributed by atoms with Gasteiger partial charge in [0, 0.05) is 11.0 Å². The summed E-state index contributed by atoms with van der Waals surface area (Å²) in [5, 5.41) is 3.12. The van der Waals surface area contributed by atoms with E-state index in [0.29, 0.717) is 12.2 Å². The molecule has 2 aromatic carbocycles. The summed E-state index contributed by atoms with van der Waals surface area (Å²) in [5.41, 5.74) is 4.18. The molecule has 0 unspecified atom stereocenters. The van der Waals surface area contributed by atoms with E-state index in [2.05, 4.69) is 53.3 Å². The molecule has 1 N–H and O–H groups in total. The van der Waals surface area contributed by atoms with Crippen molar-refractivity contribution < 1.29 is 4.39 Å². The van der Waals surface area contributed by atoms with Gasteiger partial charge in [0.15, 0.2) is 0 Å². The lowest BCUT2D eigenvalue weighted by Gasteiger charge is -2.10. The highest BCUT2D eigenvalue weighted by atomic mass is 79.9. The first kappa shape index (κ1) is 13.1. The Morgan fingerprint density at radius 1 is 1.11 bits per heavy atom. The SMILES string of the molecule is Cc1ccc(CNc2c(F)cccc2Br)cc1C. The number of benzene rings is 2. The summed E-state index contributed by atoms with van der Waals surface area (Å²) in [5.74, 6) is -0.242. The summed E-state index contributed by atoms with van der Waals surface area (Å²) in [6, 6.07) is 11.2. The molecule has 0 bridgehead atoms. The minimum Gasteiger partial charge on any atom is -0.378 e. The Morgan fingerprint density at radius 2 is 1.89 bits per heavy atom. The summed E-state index contributed by atoms with van der Waals surface area (Å²) in [4.78, 5) is 0. The maximum atomic E-state index is 13.6. The van der Waals surface area contributed by atoms with Crippen LogP contribution in [0.2, 0.25) is 0 Å². The summed E-state index contributed by atoms with van der Waals surface area (Å²) in [6.07, 6.45) is 0. The quantitative estimate of drug-likeness (QED) is 0.857. The van der Waals surface area contributed by atoms with Gasteiger partial charge in [-0.25, -0.2) is 4.39 Å². The Kier molecular flexibility index (Phi) is 4.02. The fourth-order valence-electron chi connectivity index (χ4n) is 1.77. The van der Waals surface area contributed by atoms with Gasteiger partial charge in [0.05, 0.1) is 5.69 Å². The van der Waals surface area contributed by atoms with E-state index in [1.165, 1.54) is 17.2 Å². The molecule has 0 fully saturated rings. The van der Waals surface area contributed by atoms with E-state index in [9.17, 15) is 4.39 Å². The van der Waals surface area contributed by atoms with E-state index in [4.69, 9.17) is 0 Å². The number of aryl methyl sites for hydroxylation is 2. The maximum absolute atomic E-state index is 13.6. The number of hydrogen-bond donors (Lipinski definition) is 1. The first-order valence-electron chi connectivity index (χ1n) is 5.82. The van der Waals surface area contributed by atoms with Gasteiger partial charge < -0.3 is 5.32 Å². The van der Waals surface area contributed by atoms with Crippen LogP contribution in [0.1, 0.15) is 16.7 Å². The van der Waals surface area contributed by atoms with Crippen molar-refractivity contribution >= 4 is 21.6 Å². The Hall–Kier alpha value is -1.35. The number of halogens is 2. The lowest BCUT2D eigenvalue weighted by Crippen LogP contribution is -2.02. The molecule has 1 nitrogen and oxygen atoms in total. The molecule has 2 rings (SSSR count). The number of hydrogen-bond acceptors (Lipinski definition) is 1. The number of para-hydroxylation sites is 1. The molecule has 0 aliphatic carbocycles. The molecule has 0 spiro atoms. The molecule has 0 aromatic heterocycles.